The molecule has 0 aliphatic rings. The molecule has 2 aromatic heterocycles. The van der Waals surface area contributed by atoms with Gasteiger partial charge >= 0.3 is 6.03 Å². The summed E-state index contributed by atoms with van der Waals surface area (Å²) in [6, 6.07) is 9.39. The summed E-state index contributed by atoms with van der Waals surface area (Å²) in [7, 11) is 0. The molecule has 0 radical (unpaired) electrons. The summed E-state index contributed by atoms with van der Waals surface area (Å²) in [5, 5.41) is 11.6. The van der Waals surface area contributed by atoms with Crippen molar-refractivity contribution in [3.8, 4) is 16.3 Å². The first-order valence-electron chi connectivity index (χ1n) is 10.8. The summed E-state index contributed by atoms with van der Waals surface area (Å²) in [5.74, 6) is 0. The highest BCUT2D eigenvalue weighted by molar-refractivity contribution is 7.16. The van der Waals surface area contributed by atoms with Gasteiger partial charge in [0.1, 0.15) is 0 Å². The Bertz CT molecular complexity index is 1100. The van der Waals surface area contributed by atoms with Gasteiger partial charge in [-0.25, -0.2) is 9.48 Å². The second-order valence-electron chi connectivity index (χ2n) is 7.43. The normalized spacial score (nSPS) is 11.3. The number of nitrogens with one attached hydrogen (secondary N) is 2. The van der Waals surface area contributed by atoms with E-state index in [1.807, 2.05) is 24.6 Å². The molecule has 0 unspecified atom stereocenters. The van der Waals surface area contributed by atoms with Crippen molar-refractivity contribution < 1.29 is 4.79 Å². The lowest BCUT2D eigenvalue weighted by Gasteiger charge is -2.09. The van der Waals surface area contributed by atoms with E-state index >= 15 is 0 Å². The van der Waals surface area contributed by atoms with Crippen LogP contribution in [-0.2, 0) is 6.54 Å². The maximum atomic E-state index is 12.0. The monoisotopic (exact) mass is 490 g/mol. The number of carbonyl (C=O) groups is 1. The van der Waals surface area contributed by atoms with Gasteiger partial charge in [-0.1, -0.05) is 49.5 Å². The van der Waals surface area contributed by atoms with Crippen molar-refractivity contribution in [1.82, 2.24) is 20.4 Å². The summed E-state index contributed by atoms with van der Waals surface area (Å²) in [6.07, 6.45) is 7.41. The highest BCUT2D eigenvalue weighted by atomic mass is 35.5. The molecule has 3 rings (SSSR count). The van der Waals surface area contributed by atoms with E-state index in [4.69, 9.17) is 28.3 Å². The first-order chi connectivity index (χ1) is 15.4. The highest BCUT2D eigenvalue weighted by Gasteiger charge is 2.20. The molecule has 2 N–H and O–H groups in total. The zero-order valence-electron chi connectivity index (χ0n) is 18.5. The lowest BCUT2D eigenvalue weighted by atomic mass is 10.1. The number of halogens is 2. The third-order valence-electron chi connectivity index (χ3n) is 4.91. The van der Waals surface area contributed by atoms with E-state index in [9.17, 15) is 4.79 Å². The van der Waals surface area contributed by atoms with E-state index in [-0.39, 0.29) is 6.03 Å². The molecule has 0 spiro atoms. The molecule has 32 heavy (non-hydrogen) atoms. The van der Waals surface area contributed by atoms with Crippen molar-refractivity contribution >= 4 is 46.6 Å². The summed E-state index contributed by atoms with van der Waals surface area (Å²) in [5.41, 5.74) is 3.49. The molecule has 0 saturated heterocycles. The molecule has 0 aliphatic carbocycles. The van der Waals surface area contributed by atoms with Crippen LogP contribution in [0.3, 0.4) is 0 Å². The smallest absolute Gasteiger partial charge is 0.315 e. The minimum Gasteiger partial charge on any atom is -0.338 e. The Hall–Kier alpha value is -2.28. The van der Waals surface area contributed by atoms with Crippen LogP contribution < -0.4 is 10.6 Å². The van der Waals surface area contributed by atoms with Gasteiger partial charge < -0.3 is 10.6 Å². The van der Waals surface area contributed by atoms with Crippen molar-refractivity contribution in [3.05, 3.63) is 62.6 Å². The minimum atomic E-state index is -0.202. The Morgan fingerprint density at radius 2 is 1.97 bits per heavy atom. The van der Waals surface area contributed by atoms with E-state index in [0.29, 0.717) is 23.1 Å². The van der Waals surface area contributed by atoms with Crippen molar-refractivity contribution in [2.45, 2.75) is 46.6 Å². The van der Waals surface area contributed by atoms with E-state index < -0.39 is 0 Å². The zero-order valence-corrected chi connectivity index (χ0v) is 20.9. The molecule has 0 saturated carbocycles. The molecule has 3 aromatic rings. The molecule has 2 amide bonds. The number of allylic oxidation sites excluding steroid dienone is 1. The highest BCUT2D eigenvalue weighted by Crippen LogP contribution is 2.36. The number of hydrogen-bond acceptors (Lipinski definition) is 3. The lowest BCUT2D eigenvalue weighted by molar-refractivity contribution is 0.240. The van der Waals surface area contributed by atoms with Crippen LogP contribution in [0.2, 0.25) is 10.0 Å². The molecule has 0 atom stereocenters. The number of thiophene rings is 1. The Labute approximate surface area is 203 Å². The van der Waals surface area contributed by atoms with Gasteiger partial charge in [0.25, 0.3) is 0 Å². The molecule has 0 aliphatic heterocycles. The first-order valence-corrected chi connectivity index (χ1v) is 12.3. The molecule has 0 bridgehead atoms. The summed E-state index contributed by atoms with van der Waals surface area (Å²) >= 11 is 14.3. The van der Waals surface area contributed by atoms with Gasteiger partial charge in [0.15, 0.2) is 0 Å². The van der Waals surface area contributed by atoms with Crippen LogP contribution in [0.4, 0.5) is 4.79 Å². The third-order valence-corrected chi connectivity index (χ3v) is 6.50. The van der Waals surface area contributed by atoms with E-state index in [1.165, 1.54) is 4.88 Å². The standard InChI is InChI=1S/C24H28Cl2N4OS/c1-4-6-7-8-18-10-12-22(32-18)23-16(3)20(15-28-24(31)27-13-5-2)29-30(23)21-11-9-17(25)14-19(21)26/h7-12,14H,4-6,13,15H2,1-3H3,(H2,27,28,31). The van der Waals surface area contributed by atoms with Gasteiger partial charge in [-0.2, -0.15) is 5.10 Å². The molecule has 0 fully saturated rings. The molecule has 2 heterocycles. The van der Waals surface area contributed by atoms with Crippen molar-refractivity contribution in [1.29, 1.82) is 0 Å². The third kappa shape index (κ3) is 5.94. The van der Waals surface area contributed by atoms with Crippen LogP contribution in [-0.4, -0.2) is 22.4 Å². The molecule has 1 aromatic carbocycles. The topological polar surface area (TPSA) is 59.0 Å². The fourth-order valence-corrected chi connectivity index (χ4v) is 4.74. The fraction of sp³-hybridized carbons (Fsp3) is 0.333. The number of benzene rings is 1. The number of nitrogens with zero attached hydrogens (tertiary/aromatic N) is 2. The number of rotatable bonds is 9. The largest absolute Gasteiger partial charge is 0.338 e. The van der Waals surface area contributed by atoms with Gasteiger partial charge in [0.05, 0.1) is 33.5 Å². The van der Waals surface area contributed by atoms with Crippen molar-refractivity contribution in [2.24, 2.45) is 0 Å². The molecular formula is C24H28Cl2N4OS. The van der Waals surface area contributed by atoms with Gasteiger partial charge in [-0.15, -0.1) is 11.3 Å². The van der Waals surface area contributed by atoms with Gasteiger partial charge in [-0.05, 0) is 56.2 Å². The van der Waals surface area contributed by atoms with Crippen LogP contribution in [0.15, 0.2) is 36.4 Å². The molecule has 5 nitrogen and oxygen atoms in total. The predicted octanol–water partition coefficient (Wildman–Crippen LogP) is 7.24. The fourth-order valence-electron chi connectivity index (χ4n) is 3.23. The quantitative estimate of drug-likeness (QED) is 0.332. The summed E-state index contributed by atoms with van der Waals surface area (Å²) in [6.45, 7) is 7.16. The second-order valence-corrected chi connectivity index (χ2v) is 9.39. The minimum absolute atomic E-state index is 0.202. The average Bonchev–Trinajstić information content (AvgIpc) is 3.35. The maximum absolute atomic E-state index is 12.0. The van der Waals surface area contributed by atoms with Gasteiger partial charge in [0, 0.05) is 22.0 Å². The zero-order chi connectivity index (χ0) is 23.1. The van der Waals surface area contributed by atoms with E-state index in [1.54, 1.807) is 23.5 Å². The number of amides is 2. The van der Waals surface area contributed by atoms with Gasteiger partial charge in [-0.3, -0.25) is 0 Å². The van der Waals surface area contributed by atoms with E-state index in [2.05, 4.69) is 41.8 Å². The van der Waals surface area contributed by atoms with Crippen LogP contribution in [0, 0.1) is 6.92 Å². The van der Waals surface area contributed by atoms with Crippen LogP contribution in [0.1, 0.15) is 49.2 Å². The second kappa shape index (κ2) is 11.5. The number of aromatic nitrogens is 2. The van der Waals surface area contributed by atoms with Crippen LogP contribution >= 0.6 is 34.5 Å². The Balaban J connectivity index is 2.00. The van der Waals surface area contributed by atoms with Crippen LogP contribution in [0.5, 0.6) is 0 Å². The summed E-state index contributed by atoms with van der Waals surface area (Å²) < 4.78 is 1.85. The lowest BCUT2D eigenvalue weighted by Crippen LogP contribution is -2.35. The maximum Gasteiger partial charge on any atom is 0.315 e. The number of unbranched alkanes of at least 4 members (excludes halogenated alkanes) is 1. The van der Waals surface area contributed by atoms with Crippen molar-refractivity contribution in [3.63, 3.8) is 0 Å². The van der Waals surface area contributed by atoms with Gasteiger partial charge in [0.2, 0.25) is 0 Å². The number of hydrogen-bond donors (Lipinski definition) is 2. The molecular weight excluding hydrogens is 463 g/mol. The Kier molecular flexibility index (Phi) is 8.79. The summed E-state index contributed by atoms with van der Waals surface area (Å²) in [4.78, 5) is 14.3. The molecule has 8 heteroatoms. The first kappa shape index (κ1) is 24.4. The number of urea groups is 1. The van der Waals surface area contributed by atoms with Crippen molar-refractivity contribution in [2.75, 3.05) is 6.54 Å². The predicted molar refractivity (Wildman–Crippen MR) is 136 cm³/mol. The average molecular weight is 491 g/mol. The Morgan fingerprint density at radius 1 is 1.16 bits per heavy atom. The van der Waals surface area contributed by atoms with E-state index in [0.717, 1.165) is 46.8 Å². The number of carbonyl (C=O) groups excluding carboxylic acids is 1. The SMILES string of the molecule is CCCC=Cc1ccc(-c2c(C)c(CNC(=O)NCCC)nn2-c2ccc(Cl)cc2Cl)s1. The van der Waals surface area contributed by atoms with Crippen LogP contribution in [0.25, 0.3) is 22.3 Å². The Morgan fingerprint density at radius 3 is 2.69 bits per heavy atom. The molecule has 170 valence electrons.